The molecule has 19 heavy (non-hydrogen) atoms. The number of fused-ring (bicyclic) bond motifs is 1. The standard InChI is InChI=1S/C14H12F2N2O/c15-9-5-6-13(11(16)7-9)18-8-17-12-4-2-1-3-10(12)14(18)19/h5-8H,1-4H2. The molecule has 0 unspecified atom stereocenters. The van der Waals surface area contributed by atoms with Gasteiger partial charge in [0.2, 0.25) is 0 Å². The Hall–Kier alpha value is -2.04. The molecule has 0 aliphatic heterocycles. The molecule has 0 N–H and O–H groups in total. The molecule has 3 nitrogen and oxygen atoms in total. The van der Waals surface area contributed by atoms with Gasteiger partial charge in [-0.05, 0) is 37.8 Å². The first-order valence-electron chi connectivity index (χ1n) is 6.21. The van der Waals surface area contributed by atoms with Crippen molar-refractivity contribution < 1.29 is 8.78 Å². The molecule has 1 aliphatic rings. The number of rotatable bonds is 1. The Morgan fingerprint density at radius 2 is 1.95 bits per heavy atom. The minimum Gasteiger partial charge on any atom is -0.269 e. The summed E-state index contributed by atoms with van der Waals surface area (Å²) in [5, 5.41) is 0. The largest absolute Gasteiger partial charge is 0.269 e. The van der Waals surface area contributed by atoms with Crippen LogP contribution in [0.1, 0.15) is 24.1 Å². The maximum absolute atomic E-state index is 13.7. The molecule has 3 rings (SSSR count). The summed E-state index contributed by atoms with van der Waals surface area (Å²) in [6.45, 7) is 0. The quantitative estimate of drug-likeness (QED) is 0.791. The van der Waals surface area contributed by atoms with Crippen LogP contribution in [-0.2, 0) is 12.8 Å². The lowest BCUT2D eigenvalue weighted by Crippen LogP contribution is -2.27. The molecule has 1 aromatic carbocycles. The summed E-state index contributed by atoms with van der Waals surface area (Å²) >= 11 is 0. The summed E-state index contributed by atoms with van der Waals surface area (Å²) in [6, 6.07) is 3.15. The number of hydrogen-bond acceptors (Lipinski definition) is 2. The summed E-state index contributed by atoms with van der Waals surface area (Å²) in [4.78, 5) is 16.5. The van der Waals surface area contributed by atoms with Crippen LogP contribution in [0.15, 0.2) is 29.3 Å². The van der Waals surface area contributed by atoms with E-state index in [0.29, 0.717) is 12.0 Å². The Balaban J connectivity index is 2.18. The van der Waals surface area contributed by atoms with E-state index in [-0.39, 0.29) is 11.2 Å². The van der Waals surface area contributed by atoms with Crippen molar-refractivity contribution in [2.24, 2.45) is 0 Å². The molecule has 0 saturated carbocycles. The van der Waals surface area contributed by atoms with Gasteiger partial charge in [-0.2, -0.15) is 0 Å². The lowest BCUT2D eigenvalue weighted by molar-refractivity contribution is 0.573. The molecule has 0 spiro atoms. The third-order valence-electron chi connectivity index (χ3n) is 3.41. The second-order valence-electron chi connectivity index (χ2n) is 4.65. The summed E-state index contributed by atoms with van der Waals surface area (Å²) in [5.74, 6) is -1.43. The van der Waals surface area contributed by atoms with Crippen molar-refractivity contribution in [1.29, 1.82) is 0 Å². The van der Waals surface area contributed by atoms with Crippen molar-refractivity contribution in [3.8, 4) is 5.69 Å². The lowest BCUT2D eigenvalue weighted by atomic mass is 9.97. The molecule has 0 fully saturated rings. The molecule has 0 amide bonds. The Bertz CT molecular complexity index is 694. The third kappa shape index (κ3) is 2.05. The van der Waals surface area contributed by atoms with Crippen LogP contribution < -0.4 is 5.56 Å². The van der Waals surface area contributed by atoms with Crippen LogP contribution in [0.4, 0.5) is 8.78 Å². The number of aryl methyl sites for hydroxylation is 1. The lowest BCUT2D eigenvalue weighted by Gasteiger charge is -2.16. The van der Waals surface area contributed by atoms with E-state index in [0.717, 1.165) is 41.7 Å². The minimum atomic E-state index is -0.764. The van der Waals surface area contributed by atoms with Crippen LogP contribution >= 0.6 is 0 Å². The Labute approximate surface area is 108 Å². The van der Waals surface area contributed by atoms with Gasteiger partial charge >= 0.3 is 0 Å². The Morgan fingerprint density at radius 3 is 2.74 bits per heavy atom. The van der Waals surface area contributed by atoms with E-state index in [1.165, 1.54) is 12.4 Å². The van der Waals surface area contributed by atoms with Crippen LogP contribution in [0.25, 0.3) is 5.69 Å². The first kappa shape index (κ1) is 12.0. The minimum absolute atomic E-state index is 0.0345. The van der Waals surface area contributed by atoms with E-state index in [2.05, 4.69) is 4.98 Å². The van der Waals surface area contributed by atoms with Gasteiger partial charge in [0.05, 0.1) is 11.4 Å². The predicted octanol–water partition coefficient (Wildman–Crippen LogP) is 2.39. The normalized spacial score (nSPS) is 14.2. The average Bonchev–Trinajstić information content (AvgIpc) is 2.41. The van der Waals surface area contributed by atoms with E-state index >= 15 is 0 Å². The summed E-state index contributed by atoms with van der Waals surface area (Å²) in [5.41, 5.74) is 1.23. The van der Waals surface area contributed by atoms with Gasteiger partial charge in [-0.25, -0.2) is 13.8 Å². The molecule has 1 aromatic heterocycles. The van der Waals surface area contributed by atoms with Crippen molar-refractivity contribution in [1.82, 2.24) is 9.55 Å². The van der Waals surface area contributed by atoms with Gasteiger partial charge in [0.25, 0.3) is 5.56 Å². The van der Waals surface area contributed by atoms with Crippen LogP contribution in [-0.4, -0.2) is 9.55 Å². The van der Waals surface area contributed by atoms with Gasteiger partial charge in [-0.1, -0.05) is 0 Å². The third-order valence-corrected chi connectivity index (χ3v) is 3.41. The zero-order valence-corrected chi connectivity index (χ0v) is 10.2. The number of nitrogens with zero attached hydrogens (tertiary/aromatic N) is 2. The molecular formula is C14H12F2N2O. The van der Waals surface area contributed by atoms with Gasteiger partial charge in [-0.15, -0.1) is 0 Å². The SMILES string of the molecule is O=c1c2c(ncn1-c1ccc(F)cc1F)CCCC2. The first-order chi connectivity index (χ1) is 9.16. The summed E-state index contributed by atoms with van der Waals surface area (Å²) in [6.07, 6.45) is 4.75. The molecule has 2 aromatic rings. The number of aromatic nitrogens is 2. The average molecular weight is 262 g/mol. The van der Waals surface area contributed by atoms with E-state index in [4.69, 9.17) is 0 Å². The van der Waals surface area contributed by atoms with Crippen LogP contribution in [0.5, 0.6) is 0 Å². The van der Waals surface area contributed by atoms with Gasteiger partial charge in [-0.3, -0.25) is 9.36 Å². The van der Waals surface area contributed by atoms with Gasteiger partial charge in [0.15, 0.2) is 0 Å². The fraction of sp³-hybridized carbons (Fsp3) is 0.286. The summed E-state index contributed by atoms with van der Waals surface area (Å²) in [7, 11) is 0. The fourth-order valence-electron chi connectivity index (χ4n) is 2.44. The smallest absolute Gasteiger partial charge is 0.261 e. The first-order valence-corrected chi connectivity index (χ1v) is 6.21. The molecule has 0 saturated heterocycles. The molecule has 1 heterocycles. The molecular weight excluding hydrogens is 250 g/mol. The number of benzene rings is 1. The number of hydrogen-bond donors (Lipinski definition) is 0. The highest BCUT2D eigenvalue weighted by Crippen LogP contribution is 2.18. The predicted molar refractivity (Wildman–Crippen MR) is 66.4 cm³/mol. The molecule has 0 atom stereocenters. The molecule has 1 aliphatic carbocycles. The van der Waals surface area contributed by atoms with Gasteiger partial charge in [0, 0.05) is 11.6 Å². The van der Waals surface area contributed by atoms with Crippen molar-refractivity contribution >= 4 is 0 Å². The number of halogens is 2. The highest BCUT2D eigenvalue weighted by molar-refractivity contribution is 5.35. The van der Waals surface area contributed by atoms with Crippen LogP contribution in [0, 0.1) is 11.6 Å². The zero-order valence-electron chi connectivity index (χ0n) is 10.2. The van der Waals surface area contributed by atoms with Crippen LogP contribution in [0.3, 0.4) is 0 Å². The zero-order chi connectivity index (χ0) is 13.4. The van der Waals surface area contributed by atoms with Crippen molar-refractivity contribution in [2.45, 2.75) is 25.7 Å². The molecule has 0 radical (unpaired) electrons. The topological polar surface area (TPSA) is 34.9 Å². The second-order valence-corrected chi connectivity index (χ2v) is 4.65. The maximum atomic E-state index is 13.7. The highest BCUT2D eigenvalue weighted by Gasteiger charge is 2.17. The van der Waals surface area contributed by atoms with Gasteiger partial charge < -0.3 is 0 Å². The van der Waals surface area contributed by atoms with Crippen LogP contribution in [0.2, 0.25) is 0 Å². The van der Waals surface area contributed by atoms with E-state index < -0.39 is 11.6 Å². The molecule has 5 heteroatoms. The van der Waals surface area contributed by atoms with E-state index in [9.17, 15) is 13.6 Å². The second kappa shape index (κ2) is 4.57. The monoisotopic (exact) mass is 262 g/mol. The van der Waals surface area contributed by atoms with Crippen molar-refractivity contribution in [3.63, 3.8) is 0 Å². The Kier molecular flexibility index (Phi) is 2.89. The maximum Gasteiger partial charge on any atom is 0.261 e. The van der Waals surface area contributed by atoms with E-state index in [1.54, 1.807) is 0 Å². The fourth-order valence-corrected chi connectivity index (χ4v) is 2.44. The summed E-state index contributed by atoms with van der Waals surface area (Å²) < 4.78 is 27.8. The molecule has 0 bridgehead atoms. The molecule has 98 valence electrons. The highest BCUT2D eigenvalue weighted by atomic mass is 19.1. The van der Waals surface area contributed by atoms with Gasteiger partial charge in [0.1, 0.15) is 18.0 Å². The van der Waals surface area contributed by atoms with Crippen molar-refractivity contribution in [3.05, 3.63) is 57.8 Å². The van der Waals surface area contributed by atoms with E-state index in [1.807, 2.05) is 0 Å². The van der Waals surface area contributed by atoms with Crippen molar-refractivity contribution in [2.75, 3.05) is 0 Å². The Morgan fingerprint density at radius 1 is 1.16 bits per heavy atom.